The fraction of sp³-hybridized carbons (Fsp3) is 0.500. The molecule has 1 fully saturated rings. The predicted octanol–water partition coefficient (Wildman–Crippen LogP) is 4.27. The summed E-state index contributed by atoms with van der Waals surface area (Å²) in [4.78, 5) is 18.8. The van der Waals surface area contributed by atoms with Crippen LogP contribution in [0.3, 0.4) is 0 Å². The topological polar surface area (TPSA) is 42.4 Å². The summed E-state index contributed by atoms with van der Waals surface area (Å²) in [5, 5.41) is 3.27. The van der Waals surface area contributed by atoms with Crippen LogP contribution in [0.4, 0.5) is 0 Å². The number of hydrogen-bond acceptors (Lipinski definition) is 4. The van der Waals surface area contributed by atoms with E-state index in [9.17, 15) is 4.79 Å². The van der Waals surface area contributed by atoms with Crippen molar-refractivity contribution in [2.45, 2.75) is 44.4 Å². The number of piperidine rings is 1. The van der Waals surface area contributed by atoms with Gasteiger partial charge < -0.3 is 9.64 Å². The molecule has 2 heterocycles. The molecule has 1 aliphatic heterocycles. The second-order valence-electron chi connectivity index (χ2n) is 6.58. The fourth-order valence-corrected chi connectivity index (χ4v) is 4.18. The lowest BCUT2D eigenvalue weighted by Crippen LogP contribution is -2.37. The number of methoxy groups -OCH3 is 1. The molecular formula is C20H26N2O2S. The van der Waals surface area contributed by atoms with Gasteiger partial charge in [-0.2, -0.15) is 0 Å². The number of benzene rings is 1. The number of likely N-dealkylation sites (tertiary alicyclic amines) is 1. The molecule has 4 nitrogen and oxygen atoms in total. The number of thiazole rings is 1. The Morgan fingerprint density at radius 1 is 1.24 bits per heavy atom. The molecule has 0 N–H and O–H groups in total. The van der Waals surface area contributed by atoms with Crippen molar-refractivity contribution in [1.82, 2.24) is 9.88 Å². The molecule has 134 valence electrons. The summed E-state index contributed by atoms with van der Waals surface area (Å²) in [6.07, 6.45) is 7.66. The Hall–Kier alpha value is -1.88. The summed E-state index contributed by atoms with van der Waals surface area (Å²) < 4.78 is 5.17. The second kappa shape index (κ2) is 8.99. The molecule has 2 aromatic rings. The van der Waals surface area contributed by atoms with Crippen LogP contribution in [-0.2, 0) is 11.2 Å². The number of ether oxygens (including phenoxy) is 1. The van der Waals surface area contributed by atoms with Crippen LogP contribution in [0.25, 0.3) is 0 Å². The first kappa shape index (κ1) is 17.9. The number of hydrogen-bond donors (Lipinski definition) is 0. The Labute approximate surface area is 153 Å². The summed E-state index contributed by atoms with van der Waals surface area (Å²) in [7, 11) is 1.68. The maximum absolute atomic E-state index is 12.4. The third-order valence-corrected chi connectivity index (χ3v) is 5.85. The van der Waals surface area contributed by atoms with Crippen LogP contribution >= 0.6 is 11.3 Å². The first-order valence-corrected chi connectivity index (χ1v) is 9.94. The van der Waals surface area contributed by atoms with Gasteiger partial charge in [0.1, 0.15) is 5.75 Å². The van der Waals surface area contributed by atoms with Crippen LogP contribution in [0, 0.1) is 0 Å². The molecule has 25 heavy (non-hydrogen) atoms. The van der Waals surface area contributed by atoms with Crippen LogP contribution in [-0.4, -0.2) is 36.0 Å². The Balaban J connectivity index is 1.34. The first-order valence-electron chi connectivity index (χ1n) is 9.06. The van der Waals surface area contributed by atoms with Gasteiger partial charge in [0.15, 0.2) is 0 Å². The second-order valence-corrected chi connectivity index (χ2v) is 7.51. The molecule has 0 saturated carbocycles. The van der Waals surface area contributed by atoms with Gasteiger partial charge in [-0.1, -0.05) is 12.1 Å². The molecule has 1 saturated heterocycles. The van der Waals surface area contributed by atoms with E-state index < -0.39 is 0 Å². The fourth-order valence-electron chi connectivity index (χ4n) is 3.37. The zero-order valence-electron chi connectivity index (χ0n) is 14.8. The molecule has 0 spiro atoms. The number of carbonyl (C=O) groups is 1. The maximum atomic E-state index is 12.4. The quantitative estimate of drug-likeness (QED) is 0.694. The summed E-state index contributed by atoms with van der Waals surface area (Å²) in [5.74, 6) is 1.74. The van der Waals surface area contributed by atoms with Crippen molar-refractivity contribution >= 4 is 17.2 Å². The third kappa shape index (κ3) is 5.05. The highest BCUT2D eigenvalue weighted by molar-refractivity contribution is 7.09. The smallest absolute Gasteiger partial charge is 0.222 e. The van der Waals surface area contributed by atoms with Gasteiger partial charge in [-0.3, -0.25) is 4.79 Å². The molecule has 1 aliphatic rings. The van der Waals surface area contributed by atoms with Crippen molar-refractivity contribution in [2.24, 2.45) is 0 Å². The van der Waals surface area contributed by atoms with Crippen LogP contribution < -0.4 is 4.74 Å². The molecule has 0 unspecified atom stereocenters. The van der Waals surface area contributed by atoms with Crippen molar-refractivity contribution < 1.29 is 9.53 Å². The van der Waals surface area contributed by atoms with E-state index in [0.29, 0.717) is 18.2 Å². The number of rotatable bonds is 7. The van der Waals surface area contributed by atoms with Gasteiger partial charge in [0.2, 0.25) is 5.91 Å². The molecular weight excluding hydrogens is 332 g/mol. The van der Waals surface area contributed by atoms with Crippen LogP contribution in [0.15, 0.2) is 35.8 Å². The van der Waals surface area contributed by atoms with Crippen molar-refractivity contribution in [3.63, 3.8) is 0 Å². The Morgan fingerprint density at radius 3 is 2.64 bits per heavy atom. The molecule has 1 aromatic carbocycles. The van der Waals surface area contributed by atoms with E-state index in [0.717, 1.165) is 50.9 Å². The summed E-state index contributed by atoms with van der Waals surface area (Å²) >= 11 is 1.73. The Kier molecular flexibility index (Phi) is 6.45. The van der Waals surface area contributed by atoms with E-state index in [1.165, 1.54) is 10.6 Å². The van der Waals surface area contributed by atoms with E-state index in [2.05, 4.69) is 17.1 Å². The number of aryl methyl sites for hydroxylation is 1. The Morgan fingerprint density at radius 2 is 2.00 bits per heavy atom. The molecule has 0 radical (unpaired) electrons. The summed E-state index contributed by atoms with van der Waals surface area (Å²) in [6.45, 7) is 1.75. The minimum Gasteiger partial charge on any atom is -0.497 e. The molecule has 0 bridgehead atoms. The van der Waals surface area contributed by atoms with Gasteiger partial charge in [-0.25, -0.2) is 4.98 Å². The lowest BCUT2D eigenvalue weighted by atomic mass is 9.97. The molecule has 1 amide bonds. The van der Waals surface area contributed by atoms with Crippen LogP contribution in [0.2, 0.25) is 0 Å². The number of unbranched alkanes of at least 4 members (excludes halogenated alkanes) is 1. The number of nitrogens with zero attached hydrogens (tertiary/aromatic N) is 2. The van der Waals surface area contributed by atoms with E-state index in [1.807, 2.05) is 28.6 Å². The highest BCUT2D eigenvalue weighted by atomic mass is 32.1. The van der Waals surface area contributed by atoms with Gasteiger partial charge >= 0.3 is 0 Å². The summed E-state index contributed by atoms with van der Waals surface area (Å²) in [5.41, 5.74) is 1.30. The van der Waals surface area contributed by atoms with Gasteiger partial charge in [0.05, 0.1) is 12.1 Å². The molecule has 1 aromatic heterocycles. The van der Waals surface area contributed by atoms with E-state index in [4.69, 9.17) is 4.74 Å². The lowest BCUT2D eigenvalue weighted by molar-refractivity contribution is -0.132. The average Bonchev–Trinajstić information content (AvgIpc) is 3.20. The normalized spacial score (nSPS) is 15.3. The van der Waals surface area contributed by atoms with E-state index >= 15 is 0 Å². The highest BCUT2D eigenvalue weighted by Gasteiger charge is 2.24. The minimum absolute atomic E-state index is 0.312. The molecule has 0 aliphatic carbocycles. The van der Waals surface area contributed by atoms with Crippen molar-refractivity contribution in [3.8, 4) is 5.75 Å². The number of aromatic nitrogens is 1. The third-order valence-electron chi connectivity index (χ3n) is 4.91. The predicted molar refractivity (Wildman–Crippen MR) is 101 cm³/mol. The zero-order valence-corrected chi connectivity index (χ0v) is 15.6. The lowest BCUT2D eigenvalue weighted by Gasteiger charge is -2.31. The average molecular weight is 359 g/mol. The van der Waals surface area contributed by atoms with Crippen molar-refractivity contribution in [3.05, 3.63) is 46.4 Å². The van der Waals surface area contributed by atoms with Crippen molar-refractivity contribution in [1.29, 1.82) is 0 Å². The van der Waals surface area contributed by atoms with Gasteiger partial charge in [0.25, 0.3) is 0 Å². The standard InChI is InChI=1S/C20H26N2O2S/c1-24-18-8-6-16(7-9-18)4-2-3-5-19(23)22-13-10-17(11-14-22)20-21-12-15-25-20/h6-9,12,15,17H,2-5,10-11,13-14H2,1H3. The summed E-state index contributed by atoms with van der Waals surface area (Å²) in [6, 6.07) is 8.19. The van der Waals surface area contributed by atoms with Crippen molar-refractivity contribution in [2.75, 3.05) is 20.2 Å². The van der Waals surface area contributed by atoms with Crippen LogP contribution in [0.5, 0.6) is 5.75 Å². The minimum atomic E-state index is 0.312. The van der Waals surface area contributed by atoms with Gasteiger partial charge in [-0.05, 0) is 49.8 Å². The Bertz CT molecular complexity index is 647. The largest absolute Gasteiger partial charge is 0.497 e. The van der Waals surface area contributed by atoms with Crippen LogP contribution in [0.1, 0.15) is 48.6 Å². The number of carbonyl (C=O) groups excluding carboxylic acids is 1. The van der Waals surface area contributed by atoms with E-state index in [-0.39, 0.29) is 0 Å². The molecule has 3 rings (SSSR count). The van der Waals surface area contributed by atoms with Gasteiger partial charge in [0, 0.05) is 37.0 Å². The maximum Gasteiger partial charge on any atom is 0.222 e. The van der Waals surface area contributed by atoms with E-state index in [1.54, 1.807) is 18.4 Å². The first-order chi connectivity index (χ1) is 12.3. The highest BCUT2D eigenvalue weighted by Crippen LogP contribution is 2.29. The number of amides is 1. The zero-order chi connectivity index (χ0) is 17.5. The van der Waals surface area contributed by atoms with Gasteiger partial charge in [-0.15, -0.1) is 11.3 Å². The molecule has 5 heteroatoms. The monoisotopic (exact) mass is 358 g/mol. The molecule has 0 atom stereocenters. The SMILES string of the molecule is COc1ccc(CCCCC(=O)N2CCC(c3nccs3)CC2)cc1.